The first-order valence-corrected chi connectivity index (χ1v) is 5.66. The topological polar surface area (TPSA) is 78.6 Å². The van der Waals surface area contributed by atoms with Crippen LogP contribution in [-0.4, -0.2) is 37.3 Å². The van der Waals surface area contributed by atoms with E-state index in [4.69, 9.17) is 5.73 Å². The molecule has 0 bridgehead atoms. The Morgan fingerprint density at radius 2 is 2.35 bits per heavy atom. The molecule has 1 aliphatic heterocycles. The summed E-state index contributed by atoms with van der Waals surface area (Å²) in [5.74, 6) is -0.138. The number of nitrogen functional groups attached to an aromatic ring is 1. The lowest BCUT2D eigenvalue weighted by atomic mass is 10.1. The van der Waals surface area contributed by atoms with E-state index in [1.54, 1.807) is 25.2 Å². The largest absolute Gasteiger partial charge is 0.399 e. The number of carbonyl (C=O) groups excluding carboxylic acids is 1. The van der Waals surface area contributed by atoms with E-state index in [1.807, 2.05) is 4.90 Å². The van der Waals surface area contributed by atoms with Crippen molar-refractivity contribution in [2.75, 3.05) is 30.8 Å². The van der Waals surface area contributed by atoms with E-state index in [2.05, 4.69) is 5.32 Å². The van der Waals surface area contributed by atoms with Crippen LogP contribution >= 0.6 is 0 Å². The SMILES string of the molecule is CNC(=O)c1ccc(N)cc1N1CCC(O)C1. The molecule has 92 valence electrons. The van der Waals surface area contributed by atoms with Crippen molar-refractivity contribution >= 4 is 17.3 Å². The molecular weight excluding hydrogens is 218 g/mol. The molecule has 5 nitrogen and oxygen atoms in total. The minimum absolute atomic E-state index is 0.138. The Kier molecular flexibility index (Phi) is 3.19. The summed E-state index contributed by atoms with van der Waals surface area (Å²) in [5.41, 5.74) is 7.76. The second kappa shape index (κ2) is 4.63. The average molecular weight is 235 g/mol. The third kappa shape index (κ3) is 2.34. The maximum atomic E-state index is 11.7. The first kappa shape index (κ1) is 11.7. The number of aliphatic hydroxyl groups is 1. The fraction of sp³-hybridized carbons (Fsp3) is 0.417. The lowest BCUT2D eigenvalue weighted by Gasteiger charge is -2.21. The molecule has 0 aliphatic carbocycles. The highest BCUT2D eigenvalue weighted by Gasteiger charge is 2.24. The Morgan fingerprint density at radius 1 is 1.59 bits per heavy atom. The highest BCUT2D eigenvalue weighted by atomic mass is 16.3. The molecule has 2 rings (SSSR count). The van der Waals surface area contributed by atoms with Crippen molar-refractivity contribution in [1.82, 2.24) is 5.32 Å². The number of hydrogen-bond acceptors (Lipinski definition) is 4. The summed E-state index contributed by atoms with van der Waals surface area (Å²) in [6, 6.07) is 5.21. The lowest BCUT2D eigenvalue weighted by molar-refractivity contribution is 0.0963. The Balaban J connectivity index is 2.36. The molecule has 4 N–H and O–H groups in total. The normalized spacial score (nSPS) is 19.4. The molecule has 0 radical (unpaired) electrons. The van der Waals surface area contributed by atoms with Gasteiger partial charge in [-0.1, -0.05) is 0 Å². The summed E-state index contributed by atoms with van der Waals surface area (Å²) in [5, 5.41) is 12.2. The zero-order valence-electron chi connectivity index (χ0n) is 9.81. The molecule has 1 saturated heterocycles. The maximum Gasteiger partial charge on any atom is 0.253 e. The summed E-state index contributed by atoms with van der Waals surface area (Å²) >= 11 is 0. The van der Waals surface area contributed by atoms with Gasteiger partial charge in [-0.15, -0.1) is 0 Å². The molecule has 0 aromatic heterocycles. The average Bonchev–Trinajstić information content (AvgIpc) is 2.75. The molecule has 17 heavy (non-hydrogen) atoms. The Hall–Kier alpha value is -1.75. The van der Waals surface area contributed by atoms with Gasteiger partial charge in [0.2, 0.25) is 0 Å². The molecule has 1 fully saturated rings. The van der Waals surface area contributed by atoms with Crippen molar-refractivity contribution in [3.63, 3.8) is 0 Å². The van der Waals surface area contributed by atoms with Crippen LogP contribution in [0.4, 0.5) is 11.4 Å². The van der Waals surface area contributed by atoms with Crippen LogP contribution in [0, 0.1) is 0 Å². The third-order valence-corrected chi connectivity index (χ3v) is 3.00. The number of aliphatic hydroxyl groups excluding tert-OH is 1. The number of rotatable bonds is 2. The van der Waals surface area contributed by atoms with Gasteiger partial charge in [0.1, 0.15) is 0 Å². The molecule has 1 aliphatic rings. The van der Waals surface area contributed by atoms with E-state index in [1.165, 1.54) is 0 Å². The highest BCUT2D eigenvalue weighted by Crippen LogP contribution is 2.27. The van der Waals surface area contributed by atoms with Gasteiger partial charge < -0.3 is 21.1 Å². The number of nitrogens with two attached hydrogens (primary N) is 1. The monoisotopic (exact) mass is 235 g/mol. The van der Waals surface area contributed by atoms with Crippen molar-refractivity contribution in [3.05, 3.63) is 23.8 Å². The molecule has 1 aromatic carbocycles. The Labute approximate surface area is 100 Å². The molecular formula is C12H17N3O2. The van der Waals surface area contributed by atoms with Crippen LogP contribution in [0.15, 0.2) is 18.2 Å². The lowest BCUT2D eigenvalue weighted by Crippen LogP contribution is -2.26. The summed E-state index contributed by atoms with van der Waals surface area (Å²) in [6.45, 7) is 1.29. The number of hydrogen-bond donors (Lipinski definition) is 3. The molecule has 0 saturated carbocycles. The van der Waals surface area contributed by atoms with Crippen LogP contribution < -0.4 is 16.0 Å². The highest BCUT2D eigenvalue weighted by molar-refractivity contribution is 6.00. The summed E-state index contributed by atoms with van der Waals surface area (Å²) in [7, 11) is 1.60. The van der Waals surface area contributed by atoms with E-state index < -0.39 is 0 Å². The standard InChI is InChI=1S/C12H17N3O2/c1-14-12(17)10-3-2-8(13)6-11(10)15-5-4-9(16)7-15/h2-3,6,9,16H,4-5,7,13H2,1H3,(H,14,17). The number of nitrogens with one attached hydrogen (secondary N) is 1. The predicted molar refractivity (Wildman–Crippen MR) is 67.1 cm³/mol. The number of benzene rings is 1. The van der Waals surface area contributed by atoms with Crippen molar-refractivity contribution in [2.45, 2.75) is 12.5 Å². The van der Waals surface area contributed by atoms with E-state index in [0.29, 0.717) is 17.8 Å². The van der Waals surface area contributed by atoms with Gasteiger partial charge in [0.25, 0.3) is 5.91 Å². The van der Waals surface area contributed by atoms with Gasteiger partial charge in [-0.3, -0.25) is 4.79 Å². The summed E-state index contributed by atoms with van der Waals surface area (Å²) in [6.07, 6.45) is 0.399. The molecule has 5 heteroatoms. The maximum absolute atomic E-state index is 11.7. The molecule has 1 unspecified atom stereocenters. The van der Waals surface area contributed by atoms with Crippen molar-refractivity contribution in [1.29, 1.82) is 0 Å². The fourth-order valence-electron chi connectivity index (χ4n) is 2.10. The van der Waals surface area contributed by atoms with E-state index in [0.717, 1.165) is 18.7 Å². The van der Waals surface area contributed by atoms with Gasteiger partial charge in [-0.05, 0) is 24.6 Å². The minimum Gasteiger partial charge on any atom is -0.399 e. The van der Waals surface area contributed by atoms with Crippen molar-refractivity contribution in [2.24, 2.45) is 0 Å². The second-order valence-electron chi connectivity index (χ2n) is 4.24. The first-order chi connectivity index (χ1) is 8.11. The first-order valence-electron chi connectivity index (χ1n) is 5.66. The van der Waals surface area contributed by atoms with Crippen molar-refractivity contribution in [3.8, 4) is 0 Å². The van der Waals surface area contributed by atoms with Crippen LogP contribution in [0.1, 0.15) is 16.8 Å². The van der Waals surface area contributed by atoms with Crippen LogP contribution in [0.3, 0.4) is 0 Å². The summed E-state index contributed by atoms with van der Waals surface area (Å²) < 4.78 is 0. The predicted octanol–water partition coefficient (Wildman–Crippen LogP) is 0.199. The minimum atomic E-state index is -0.325. The van der Waals surface area contributed by atoms with E-state index in [-0.39, 0.29) is 12.0 Å². The molecule has 0 spiro atoms. The number of nitrogens with zero attached hydrogens (tertiary/aromatic N) is 1. The Bertz CT molecular complexity index is 434. The zero-order valence-corrected chi connectivity index (χ0v) is 9.81. The smallest absolute Gasteiger partial charge is 0.253 e. The summed E-state index contributed by atoms with van der Waals surface area (Å²) in [4.78, 5) is 13.7. The third-order valence-electron chi connectivity index (χ3n) is 3.00. The van der Waals surface area contributed by atoms with Gasteiger partial charge in [0, 0.05) is 25.8 Å². The van der Waals surface area contributed by atoms with E-state index >= 15 is 0 Å². The number of carbonyl (C=O) groups is 1. The number of anilines is 2. The van der Waals surface area contributed by atoms with Crippen LogP contribution in [-0.2, 0) is 0 Å². The molecule has 1 amide bonds. The van der Waals surface area contributed by atoms with Crippen LogP contribution in [0.5, 0.6) is 0 Å². The van der Waals surface area contributed by atoms with E-state index in [9.17, 15) is 9.90 Å². The number of amides is 1. The fourth-order valence-corrected chi connectivity index (χ4v) is 2.10. The van der Waals surface area contributed by atoms with Gasteiger partial charge in [0.15, 0.2) is 0 Å². The number of β-amino-alcohol motifs (C(OH)–C–C–N with tert-alkyl or cyclic N) is 1. The molecule has 1 heterocycles. The van der Waals surface area contributed by atoms with Gasteiger partial charge in [0.05, 0.1) is 17.4 Å². The Morgan fingerprint density at radius 3 is 2.94 bits per heavy atom. The molecule has 1 aromatic rings. The quantitative estimate of drug-likeness (QED) is 0.640. The van der Waals surface area contributed by atoms with Gasteiger partial charge in [-0.25, -0.2) is 0 Å². The zero-order chi connectivity index (χ0) is 12.4. The van der Waals surface area contributed by atoms with Crippen molar-refractivity contribution < 1.29 is 9.90 Å². The van der Waals surface area contributed by atoms with Crippen LogP contribution in [0.2, 0.25) is 0 Å². The van der Waals surface area contributed by atoms with Gasteiger partial charge >= 0.3 is 0 Å². The molecule has 1 atom stereocenters. The van der Waals surface area contributed by atoms with Gasteiger partial charge in [-0.2, -0.15) is 0 Å². The second-order valence-corrected chi connectivity index (χ2v) is 4.24. The van der Waals surface area contributed by atoms with Crippen LogP contribution in [0.25, 0.3) is 0 Å².